The van der Waals surface area contributed by atoms with E-state index in [0.717, 1.165) is 0 Å². The van der Waals surface area contributed by atoms with Crippen molar-refractivity contribution in [3.8, 4) is 0 Å². The number of carboxylic acid groups (broad SMARTS) is 1. The summed E-state index contributed by atoms with van der Waals surface area (Å²) >= 11 is 0. The Morgan fingerprint density at radius 1 is 1.09 bits per heavy atom. The zero-order valence-electron chi connectivity index (χ0n) is 13.4. The van der Waals surface area contributed by atoms with Crippen LogP contribution >= 0.6 is 0 Å². The molecule has 0 atom stereocenters. The van der Waals surface area contributed by atoms with Gasteiger partial charge in [-0.3, -0.25) is 4.79 Å². The average molecular weight is 305 g/mol. The molecule has 0 bridgehead atoms. The lowest BCUT2D eigenvalue weighted by molar-refractivity contribution is -0.114. The van der Waals surface area contributed by atoms with Crippen molar-refractivity contribution in [3.63, 3.8) is 0 Å². The van der Waals surface area contributed by atoms with Gasteiger partial charge in [-0.15, -0.1) is 0 Å². The predicted octanol–water partition coefficient (Wildman–Crippen LogP) is 1.64. The molecular formula is C15H20BNO5. The molecule has 1 aromatic carbocycles. The molecular weight excluding hydrogens is 285 g/mol. The number of carbonyl (C=O) groups excluding carboxylic acids is 1. The quantitative estimate of drug-likeness (QED) is 0.829. The molecule has 1 aliphatic heterocycles. The Bertz CT molecular complexity index is 610. The minimum absolute atomic E-state index is 0.0657. The molecule has 1 fully saturated rings. The maximum Gasteiger partial charge on any atom is 0.494 e. The minimum Gasteiger partial charge on any atom is -0.478 e. The molecule has 0 aliphatic carbocycles. The van der Waals surface area contributed by atoms with E-state index >= 15 is 0 Å². The summed E-state index contributed by atoms with van der Waals surface area (Å²) in [6.45, 7) is 9.04. The fourth-order valence-electron chi connectivity index (χ4n) is 2.17. The van der Waals surface area contributed by atoms with Gasteiger partial charge < -0.3 is 19.7 Å². The van der Waals surface area contributed by atoms with Gasteiger partial charge in [-0.1, -0.05) is 0 Å². The molecule has 0 spiro atoms. The SMILES string of the molecule is CC(=O)Nc1cc(B2OC(C)(C)C(C)(C)O2)cc(C(=O)O)c1. The smallest absolute Gasteiger partial charge is 0.478 e. The van der Waals surface area contributed by atoms with Gasteiger partial charge in [0, 0.05) is 12.6 Å². The number of anilines is 1. The van der Waals surface area contributed by atoms with Crippen LogP contribution < -0.4 is 10.8 Å². The van der Waals surface area contributed by atoms with Gasteiger partial charge in [0.15, 0.2) is 0 Å². The minimum atomic E-state index is -1.08. The number of benzene rings is 1. The molecule has 118 valence electrons. The molecule has 1 aromatic rings. The molecule has 0 unspecified atom stereocenters. The first-order valence-electron chi connectivity index (χ1n) is 7.03. The number of amides is 1. The molecule has 2 N–H and O–H groups in total. The van der Waals surface area contributed by atoms with Gasteiger partial charge in [-0.05, 0) is 51.4 Å². The van der Waals surface area contributed by atoms with Gasteiger partial charge in [0.1, 0.15) is 0 Å². The van der Waals surface area contributed by atoms with E-state index in [0.29, 0.717) is 11.2 Å². The van der Waals surface area contributed by atoms with Crippen LogP contribution in [0.25, 0.3) is 0 Å². The summed E-state index contributed by atoms with van der Waals surface area (Å²) in [5.74, 6) is -1.35. The first-order chi connectivity index (χ1) is 10.0. The van der Waals surface area contributed by atoms with Crippen LogP contribution in [-0.2, 0) is 14.1 Å². The van der Waals surface area contributed by atoms with Gasteiger partial charge in [-0.2, -0.15) is 0 Å². The third-order valence-electron chi connectivity index (χ3n) is 4.05. The summed E-state index contributed by atoms with van der Waals surface area (Å²) in [6.07, 6.45) is 0. The molecule has 1 saturated heterocycles. The Morgan fingerprint density at radius 3 is 2.09 bits per heavy atom. The van der Waals surface area contributed by atoms with E-state index in [-0.39, 0.29) is 11.5 Å². The van der Waals surface area contributed by atoms with Crippen LogP contribution in [-0.4, -0.2) is 35.3 Å². The van der Waals surface area contributed by atoms with Crippen molar-refractivity contribution in [3.05, 3.63) is 23.8 Å². The summed E-state index contributed by atoms with van der Waals surface area (Å²) in [5, 5.41) is 11.8. The van der Waals surface area contributed by atoms with Crippen molar-refractivity contribution in [2.45, 2.75) is 45.8 Å². The van der Waals surface area contributed by atoms with E-state index in [1.54, 1.807) is 6.07 Å². The van der Waals surface area contributed by atoms with Crippen LogP contribution in [0.2, 0.25) is 0 Å². The van der Waals surface area contributed by atoms with Crippen molar-refractivity contribution in [1.82, 2.24) is 0 Å². The third kappa shape index (κ3) is 3.15. The highest BCUT2D eigenvalue weighted by molar-refractivity contribution is 6.62. The summed E-state index contributed by atoms with van der Waals surface area (Å²) < 4.78 is 11.8. The summed E-state index contributed by atoms with van der Waals surface area (Å²) in [5.41, 5.74) is -0.0220. The van der Waals surface area contributed by atoms with Crippen LogP contribution in [0.15, 0.2) is 18.2 Å². The normalized spacial score (nSPS) is 19.0. The molecule has 1 aliphatic rings. The van der Waals surface area contributed by atoms with Crippen LogP contribution in [0.5, 0.6) is 0 Å². The highest BCUT2D eigenvalue weighted by Crippen LogP contribution is 2.36. The van der Waals surface area contributed by atoms with Crippen LogP contribution in [0.3, 0.4) is 0 Å². The number of hydrogen-bond donors (Lipinski definition) is 2. The maximum absolute atomic E-state index is 11.3. The molecule has 2 rings (SSSR count). The third-order valence-corrected chi connectivity index (χ3v) is 4.05. The number of carboxylic acids is 1. The standard InChI is InChI=1S/C15H20BNO5/c1-9(18)17-12-7-10(13(19)20)6-11(8-12)16-21-14(2,3)15(4,5)22-16/h6-8H,1-5H3,(H,17,18)(H,19,20). The Kier molecular flexibility index (Phi) is 4.06. The van der Waals surface area contributed by atoms with Crippen molar-refractivity contribution in [2.24, 2.45) is 0 Å². The fraction of sp³-hybridized carbons (Fsp3) is 0.467. The van der Waals surface area contributed by atoms with E-state index < -0.39 is 24.3 Å². The van der Waals surface area contributed by atoms with Crippen molar-refractivity contribution >= 4 is 30.1 Å². The summed E-state index contributed by atoms with van der Waals surface area (Å²) in [7, 11) is -0.684. The molecule has 0 radical (unpaired) electrons. The van der Waals surface area contributed by atoms with Gasteiger partial charge in [0.05, 0.1) is 16.8 Å². The largest absolute Gasteiger partial charge is 0.494 e. The number of carbonyl (C=O) groups is 2. The van der Waals surface area contributed by atoms with Gasteiger partial charge in [0.2, 0.25) is 5.91 Å². The predicted molar refractivity (Wildman–Crippen MR) is 83.4 cm³/mol. The van der Waals surface area contributed by atoms with Crippen molar-refractivity contribution in [1.29, 1.82) is 0 Å². The molecule has 0 aromatic heterocycles. The molecule has 0 saturated carbocycles. The second-order valence-electron chi connectivity index (χ2n) is 6.42. The lowest BCUT2D eigenvalue weighted by atomic mass is 9.78. The van der Waals surface area contributed by atoms with E-state index in [4.69, 9.17) is 9.31 Å². The Labute approximate surface area is 129 Å². The Balaban J connectivity index is 2.41. The second-order valence-corrected chi connectivity index (χ2v) is 6.42. The van der Waals surface area contributed by atoms with E-state index in [2.05, 4.69) is 5.32 Å². The van der Waals surface area contributed by atoms with Gasteiger partial charge >= 0.3 is 13.1 Å². The van der Waals surface area contributed by atoms with E-state index in [1.807, 2.05) is 27.7 Å². The van der Waals surface area contributed by atoms with E-state index in [1.165, 1.54) is 19.1 Å². The number of rotatable bonds is 3. The summed E-state index contributed by atoms with van der Waals surface area (Å²) in [4.78, 5) is 22.5. The first kappa shape index (κ1) is 16.5. The number of hydrogen-bond acceptors (Lipinski definition) is 4. The molecule has 22 heavy (non-hydrogen) atoms. The first-order valence-corrected chi connectivity index (χ1v) is 7.03. The Morgan fingerprint density at radius 2 is 1.64 bits per heavy atom. The van der Waals surface area contributed by atoms with Crippen molar-refractivity contribution in [2.75, 3.05) is 5.32 Å². The topological polar surface area (TPSA) is 84.9 Å². The zero-order valence-corrected chi connectivity index (χ0v) is 13.4. The number of nitrogens with one attached hydrogen (secondary N) is 1. The van der Waals surface area contributed by atoms with Crippen LogP contribution in [0.1, 0.15) is 45.0 Å². The lowest BCUT2D eigenvalue weighted by Gasteiger charge is -2.32. The molecule has 1 heterocycles. The summed E-state index contributed by atoms with van der Waals surface area (Å²) in [6, 6.07) is 4.56. The molecule has 6 nitrogen and oxygen atoms in total. The second kappa shape index (κ2) is 5.41. The maximum atomic E-state index is 11.3. The highest BCUT2D eigenvalue weighted by atomic mass is 16.7. The van der Waals surface area contributed by atoms with E-state index in [9.17, 15) is 14.7 Å². The fourth-order valence-corrected chi connectivity index (χ4v) is 2.17. The highest BCUT2D eigenvalue weighted by Gasteiger charge is 2.51. The number of aromatic carboxylic acids is 1. The molecule has 7 heteroatoms. The van der Waals surface area contributed by atoms with Gasteiger partial charge in [-0.25, -0.2) is 4.79 Å². The van der Waals surface area contributed by atoms with Crippen LogP contribution in [0.4, 0.5) is 5.69 Å². The van der Waals surface area contributed by atoms with Crippen LogP contribution in [0, 0.1) is 0 Å². The zero-order chi connectivity index (χ0) is 16.7. The lowest BCUT2D eigenvalue weighted by Crippen LogP contribution is -2.41. The average Bonchev–Trinajstić information content (AvgIpc) is 2.57. The Hall–Kier alpha value is -1.86. The monoisotopic (exact) mass is 305 g/mol. The molecule has 1 amide bonds. The van der Waals surface area contributed by atoms with Gasteiger partial charge in [0.25, 0.3) is 0 Å². The van der Waals surface area contributed by atoms with Crippen molar-refractivity contribution < 1.29 is 24.0 Å².